The van der Waals surface area contributed by atoms with Gasteiger partial charge in [0, 0.05) is 11.6 Å². The third kappa shape index (κ3) is 4.45. The van der Waals surface area contributed by atoms with Gasteiger partial charge in [-0.05, 0) is 81.4 Å². The van der Waals surface area contributed by atoms with E-state index < -0.39 is 0 Å². The van der Waals surface area contributed by atoms with Crippen LogP contribution in [0, 0.1) is 12.8 Å². The molecule has 24 heavy (non-hydrogen) atoms. The van der Waals surface area contributed by atoms with Crippen molar-refractivity contribution in [2.45, 2.75) is 32.6 Å². The fourth-order valence-electron chi connectivity index (χ4n) is 3.24. The Morgan fingerprint density at radius 2 is 2.21 bits per heavy atom. The van der Waals surface area contributed by atoms with Gasteiger partial charge in [-0.15, -0.1) is 0 Å². The number of aryl methyl sites for hydroxylation is 1. The summed E-state index contributed by atoms with van der Waals surface area (Å²) in [5, 5.41) is 10.0. The molecule has 0 bridgehead atoms. The number of piperidine rings is 1. The second-order valence-corrected chi connectivity index (χ2v) is 6.49. The summed E-state index contributed by atoms with van der Waals surface area (Å²) in [7, 11) is 0. The van der Waals surface area contributed by atoms with Gasteiger partial charge in [-0.2, -0.15) is 5.10 Å². The maximum atomic E-state index is 11.1. The Morgan fingerprint density at radius 1 is 1.29 bits per heavy atom. The highest BCUT2D eigenvalue weighted by molar-refractivity contribution is 5.64. The molecule has 1 aliphatic heterocycles. The van der Waals surface area contributed by atoms with E-state index in [2.05, 4.69) is 15.5 Å². The summed E-state index contributed by atoms with van der Waals surface area (Å²) < 4.78 is 5.89. The van der Waals surface area contributed by atoms with Crippen molar-refractivity contribution in [1.82, 2.24) is 15.5 Å². The first-order valence-corrected chi connectivity index (χ1v) is 8.72. The van der Waals surface area contributed by atoms with E-state index in [9.17, 15) is 4.79 Å². The van der Waals surface area contributed by atoms with Crippen molar-refractivity contribution in [3.8, 4) is 17.0 Å². The SMILES string of the molecule is Cc1cc(OCCCC2CCCNC2)ccc1-c1ccc(=O)[nH]n1. The molecule has 5 heteroatoms. The van der Waals surface area contributed by atoms with E-state index in [0.717, 1.165) is 48.1 Å². The van der Waals surface area contributed by atoms with Gasteiger partial charge < -0.3 is 10.1 Å². The summed E-state index contributed by atoms with van der Waals surface area (Å²) in [6, 6.07) is 9.23. The molecule has 1 atom stereocenters. The second-order valence-electron chi connectivity index (χ2n) is 6.49. The minimum absolute atomic E-state index is 0.190. The summed E-state index contributed by atoms with van der Waals surface area (Å²) in [5.41, 5.74) is 2.67. The van der Waals surface area contributed by atoms with Crippen LogP contribution in [-0.2, 0) is 0 Å². The Bertz CT molecular complexity index is 700. The van der Waals surface area contributed by atoms with Crippen molar-refractivity contribution < 1.29 is 4.74 Å². The number of benzene rings is 1. The van der Waals surface area contributed by atoms with Crippen LogP contribution in [-0.4, -0.2) is 29.9 Å². The van der Waals surface area contributed by atoms with Gasteiger partial charge in [0.05, 0.1) is 12.3 Å². The minimum atomic E-state index is -0.190. The standard InChI is InChI=1S/C19H25N3O2/c1-14-12-16(24-11-3-5-15-4-2-10-20-13-15)6-7-17(14)18-8-9-19(23)22-21-18/h6-9,12,15,20H,2-5,10-11,13H2,1H3,(H,22,23). The Morgan fingerprint density at radius 3 is 2.92 bits per heavy atom. The van der Waals surface area contributed by atoms with Gasteiger partial charge in [0.2, 0.25) is 0 Å². The molecule has 1 aromatic carbocycles. The Hall–Kier alpha value is -2.14. The number of nitrogens with zero attached hydrogens (tertiary/aromatic N) is 1. The van der Waals surface area contributed by atoms with E-state index in [0.29, 0.717) is 0 Å². The van der Waals surface area contributed by atoms with E-state index in [1.54, 1.807) is 6.07 Å². The zero-order valence-corrected chi connectivity index (χ0v) is 14.2. The molecule has 0 spiro atoms. The molecule has 0 radical (unpaired) electrons. The van der Waals surface area contributed by atoms with E-state index >= 15 is 0 Å². The summed E-state index contributed by atoms with van der Waals surface area (Å²) in [6.07, 6.45) is 4.96. The molecular weight excluding hydrogens is 302 g/mol. The smallest absolute Gasteiger partial charge is 0.264 e. The molecule has 5 nitrogen and oxygen atoms in total. The molecule has 3 rings (SSSR count). The van der Waals surface area contributed by atoms with Gasteiger partial charge in [-0.1, -0.05) is 0 Å². The Balaban J connectivity index is 1.52. The van der Waals surface area contributed by atoms with E-state index in [-0.39, 0.29) is 5.56 Å². The molecule has 1 saturated heterocycles. The molecule has 2 N–H and O–H groups in total. The zero-order valence-electron chi connectivity index (χ0n) is 14.2. The molecule has 1 aromatic heterocycles. The quantitative estimate of drug-likeness (QED) is 0.801. The predicted molar refractivity (Wildman–Crippen MR) is 95.4 cm³/mol. The fraction of sp³-hybridized carbons (Fsp3) is 0.474. The van der Waals surface area contributed by atoms with Crippen LogP contribution in [0.4, 0.5) is 0 Å². The van der Waals surface area contributed by atoms with E-state index in [4.69, 9.17) is 4.74 Å². The lowest BCUT2D eigenvalue weighted by molar-refractivity contribution is 0.275. The topological polar surface area (TPSA) is 67.0 Å². The highest BCUT2D eigenvalue weighted by atomic mass is 16.5. The number of aromatic amines is 1. The number of H-pyrrole nitrogens is 1. The predicted octanol–water partition coefficient (Wildman–Crippen LogP) is 2.90. The van der Waals surface area contributed by atoms with Crippen LogP contribution in [0.25, 0.3) is 11.3 Å². The summed E-state index contributed by atoms with van der Waals surface area (Å²) in [6.45, 7) is 5.11. The number of hydrogen-bond donors (Lipinski definition) is 2. The summed E-state index contributed by atoms with van der Waals surface area (Å²) >= 11 is 0. The van der Waals surface area contributed by atoms with Crippen LogP contribution >= 0.6 is 0 Å². The molecule has 0 amide bonds. The number of ether oxygens (including phenoxy) is 1. The molecule has 0 aliphatic carbocycles. The lowest BCUT2D eigenvalue weighted by Gasteiger charge is -2.22. The van der Waals surface area contributed by atoms with Crippen molar-refractivity contribution in [3.05, 3.63) is 46.2 Å². The van der Waals surface area contributed by atoms with Crippen molar-refractivity contribution in [3.63, 3.8) is 0 Å². The van der Waals surface area contributed by atoms with Crippen LogP contribution in [0.2, 0.25) is 0 Å². The normalized spacial score (nSPS) is 17.6. The van der Waals surface area contributed by atoms with Gasteiger partial charge in [-0.25, -0.2) is 5.10 Å². The van der Waals surface area contributed by atoms with Gasteiger partial charge in [0.15, 0.2) is 0 Å². The first-order valence-electron chi connectivity index (χ1n) is 8.72. The molecule has 2 heterocycles. The van der Waals surface area contributed by atoms with Crippen molar-refractivity contribution in [2.75, 3.05) is 19.7 Å². The monoisotopic (exact) mass is 327 g/mol. The molecule has 2 aromatic rings. The van der Waals surface area contributed by atoms with Gasteiger partial charge in [-0.3, -0.25) is 4.79 Å². The summed E-state index contributed by atoms with van der Waals surface area (Å²) in [5.74, 6) is 1.69. The molecule has 128 valence electrons. The third-order valence-corrected chi connectivity index (χ3v) is 4.58. The van der Waals surface area contributed by atoms with Crippen molar-refractivity contribution in [2.24, 2.45) is 5.92 Å². The number of aromatic nitrogens is 2. The zero-order chi connectivity index (χ0) is 16.8. The van der Waals surface area contributed by atoms with Crippen LogP contribution in [0.3, 0.4) is 0 Å². The third-order valence-electron chi connectivity index (χ3n) is 4.58. The van der Waals surface area contributed by atoms with Gasteiger partial charge in [0.1, 0.15) is 5.75 Å². The van der Waals surface area contributed by atoms with Crippen molar-refractivity contribution in [1.29, 1.82) is 0 Å². The van der Waals surface area contributed by atoms with E-state index in [1.165, 1.54) is 31.9 Å². The molecule has 0 saturated carbocycles. The number of rotatable bonds is 6. The average molecular weight is 327 g/mol. The molecule has 1 fully saturated rings. The van der Waals surface area contributed by atoms with E-state index in [1.807, 2.05) is 25.1 Å². The molecular formula is C19H25N3O2. The first kappa shape index (κ1) is 16.7. The fourth-order valence-corrected chi connectivity index (χ4v) is 3.24. The summed E-state index contributed by atoms with van der Waals surface area (Å²) in [4.78, 5) is 11.1. The first-order chi connectivity index (χ1) is 11.7. The lowest BCUT2D eigenvalue weighted by atomic mass is 9.95. The van der Waals surface area contributed by atoms with Crippen molar-refractivity contribution >= 4 is 0 Å². The number of nitrogens with one attached hydrogen (secondary N) is 2. The average Bonchev–Trinajstić information content (AvgIpc) is 2.61. The van der Waals surface area contributed by atoms with Gasteiger partial charge >= 0.3 is 0 Å². The highest BCUT2D eigenvalue weighted by Gasteiger charge is 2.12. The molecule has 1 aliphatic rings. The van der Waals surface area contributed by atoms with Crippen LogP contribution < -0.4 is 15.6 Å². The Kier molecular flexibility index (Phi) is 5.64. The maximum Gasteiger partial charge on any atom is 0.264 e. The number of hydrogen-bond acceptors (Lipinski definition) is 4. The van der Waals surface area contributed by atoms with Crippen LogP contribution in [0.1, 0.15) is 31.2 Å². The minimum Gasteiger partial charge on any atom is -0.494 e. The van der Waals surface area contributed by atoms with Crippen LogP contribution in [0.15, 0.2) is 35.1 Å². The van der Waals surface area contributed by atoms with Crippen LogP contribution in [0.5, 0.6) is 5.75 Å². The maximum absolute atomic E-state index is 11.1. The Labute approximate surface area is 142 Å². The second kappa shape index (κ2) is 8.11. The van der Waals surface area contributed by atoms with Gasteiger partial charge in [0.25, 0.3) is 5.56 Å². The largest absolute Gasteiger partial charge is 0.494 e. The molecule has 1 unspecified atom stereocenters. The highest BCUT2D eigenvalue weighted by Crippen LogP contribution is 2.25. The lowest BCUT2D eigenvalue weighted by Crippen LogP contribution is -2.29.